The van der Waals surface area contributed by atoms with Gasteiger partial charge >= 0.3 is 0 Å². The van der Waals surface area contributed by atoms with Crippen LogP contribution >= 0.6 is 22.6 Å². The van der Waals surface area contributed by atoms with Crippen molar-refractivity contribution in [1.29, 1.82) is 0 Å². The maximum Gasteiger partial charge on any atom is 0.135 e. The summed E-state index contributed by atoms with van der Waals surface area (Å²) in [4.78, 5) is 0. The van der Waals surface area contributed by atoms with Gasteiger partial charge in [-0.15, -0.1) is 0 Å². The van der Waals surface area contributed by atoms with Crippen molar-refractivity contribution in [2.75, 3.05) is 5.73 Å². The average Bonchev–Trinajstić information content (AvgIpc) is 2.81. The van der Waals surface area contributed by atoms with Gasteiger partial charge in [0.15, 0.2) is 0 Å². The number of aromatic nitrogens is 4. The molecule has 6 heteroatoms. The van der Waals surface area contributed by atoms with Crippen molar-refractivity contribution in [1.82, 2.24) is 19.6 Å². The van der Waals surface area contributed by atoms with Gasteiger partial charge < -0.3 is 5.73 Å². The largest absolute Gasteiger partial charge is 0.383 e. The van der Waals surface area contributed by atoms with Gasteiger partial charge in [-0.25, -0.2) is 4.68 Å². The van der Waals surface area contributed by atoms with E-state index in [9.17, 15) is 0 Å². The van der Waals surface area contributed by atoms with Crippen molar-refractivity contribution < 1.29 is 0 Å². The third kappa shape index (κ3) is 1.93. The number of hydrogen-bond acceptors (Lipinski definition) is 3. The zero-order valence-electron chi connectivity index (χ0n) is 9.31. The molecular weight excluding hydrogens is 317 g/mol. The van der Waals surface area contributed by atoms with Gasteiger partial charge in [-0.3, -0.25) is 4.68 Å². The number of nitrogen functional groups attached to an aromatic ring is 1. The van der Waals surface area contributed by atoms with Crippen LogP contribution in [-0.2, 0) is 13.1 Å². The molecular formula is C10H14IN5. The standard InChI is InChI=1S/C10H14IN5/c1-3-15-8(4-5-13-15)6-16-10(12)9(11)7(2)14-16/h4-5H,3,6,12H2,1-2H3. The molecule has 0 atom stereocenters. The van der Waals surface area contributed by atoms with Gasteiger partial charge in [0.2, 0.25) is 0 Å². The first kappa shape index (κ1) is 11.4. The van der Waals surface area contributed by atoms with E-state index in [1.165, 1.54) is 0 Å². The topological polar surface area (TPSA) is 61.7 Å². The summed E-state index contributed by atoms with van der Waals surface area (Å²) in [6.07, 6.45) is 1.80. The molecule has 0 aromatic carbocycles. The normalized spacial score (nSPS) is 10.9. The molecule has 2 N–H and O–H groups in total. The predicted octanol–water partition coefficient (Wildman–Crippen LogP) is 1.64. The molecule has 0 saturated carbocycles. The van der Waals surface area contributed by atoms with Gasteiger partial charge in [0.1, 0.15) is 5.82 Å². The van der Waals surface area contributed by atoms with E-state index in [1.807, 2.05) is 22.4 Å². The zero-order chi connectivity index (χ0) is 11.7. The molecule has 16 heavy (non-hydrogen) atoms. The van der Waals surface area contributed by atoms with Crippen LogP contribution in [0.4, 0.5) is 5.82 Å². The molecule has 2 rings (SSSR count). The van der Waals surface area contributed by atoms with Crippen LogP contribution in [0.3, 0.4) is 0 Å². The van der Waals surface area contributed by atoms with Gasteiger partial charge in [0.05, 0.1) is 21.5 Å². The first-order valence-electron chi connectivity index (χ1n) is 5.12. The van der Waals surface area contributed by atoms with E-state index in [0.717, 1.165) is 27.3 Å². The lowest BCUT2D eigenvalue weighted by molar-refractivity contribution is 0.579. The molecule has 5 nitrogen and oxygen atoms in total. The van der Waals surface area contributed by atoms with Gasteiger partial charge in [-0.1, -0.05) is 0 Å². The zero-order valence-corrected chi connectivity index (χ0v) is 11.5. The SMILES string of the molecule is CCn1nccc1Cn1nc(C)c(I)c1N. The second kappa shape index (κ2) is 4.44. The number of anilines is 1. The fourth-order valence-electron chi connectivity index (χ4n) is 1.63. The lowest BCUT2D eigenvalue weighted by Gasteiger charge is -2.06. The first-order valence-corrected chi connectivity index (χ1v) is 6.20. The van der Waals surface area contributed by atoms with E-state index >= 15 is 0 Å². The van der Waals surface area contributed by atoms with Crippen molar-refractivity contribution in [2.24, 2.45) is 0 Å². The summed E-state index contributed by atoms with van der Waals surface area (Å²) < 4.78 is 4.80. The van der Waals surface area contributed by atoms with E-state index in [0.29, 0.717) is 6.54 Å². The van der Waals surface area contributed by atoms with Gasteiger partial charge in [0, 0.05) is 12.7 Å². The molecule has 0 aliphatic heterocycles. The summed E-state index contributed by atoms with van der Waals surface area (Å²) in [6, 6.07) is 1.99. The van der Waals surface area contributed by atoms with Gasteiger partial charge in [0.25, 0.3) is 0 Å². The Morgan fingerprint density at radius 1 is 1.44 bits per heavy atom. The molecule has 0 unspecified atom stereocenters. The van der Waals surface area contributed by atoms with Crippen LogP contribution in [0.2, 0.25) is 0 Å². The van der Waals surface area contributed by atoms with Crippen molar-refractivity contribution in [3.63, 3.8) is 0 Å². The highest BCUT2D eigenvalue weighted by Gasteiger charge is 2.11. The minimum Gasteiger partial charge on any atom is -0.383 e. The van der Waals surface area contributed by atoms with Crippen LogP contribution in [0.25, 0.3) is 0 Å². The average molecular weight is 331 g/mol. The van der Waals surface area contributed by atoms with Crippen LogP contribution in [-0.4, -0.2) is 19.6 Å². The minimum atomic E-state index is 0.670. The smallest absolute Gasteiger partial charge is 0.135 e. The molecule has 2 heterocycles. The quantitative estimate of drug-likeness (QED) is 0.870. The van der Waals surface area contributed by atoms with Crippen LogP contribution in [0, 0.1) is 10.5 Å². The Morgan fingerprint density at radius 3 is 2.75 bits per heavy atom. The Morgan fingerprint density at radius 2 is 2.19 bits per heavy atom. The summed E-state index contributed by atoms with van der Waals surface area (Å²) in [5, 5.41) is 8.63. The van der Waals surface area contributed by atoms with Crippen LogP contribution < -0.4 is 5.73 Å². The Labute approximate surface area is 108 Å². The summed E-state index contributed by atoms with van der Waals surface area (Å²) in [5.41, 5.74) is 8.07. The van der Waals surface area contributed by atoms with Crippen molar-refractivity contribution in [3.8, 4) is 0 Å². The number of aryl methyl sites for hydroxylation is 2. The lowest BCUT2D eigenvalue weighted by atomic mass is 10.4. The molecule has 0 aliphatic rings. The maximum absolute atomic E-state index is 5.97. The summed E-state index contributed by atoms with van der Waals surface area (Å²) in [5.74, 6) is 0.724. The van der Waals surface area contributed by atoms with Crippen LogP contribution in [0.1, 0.15) is 18.3 Å². The Balaban J connectivity index is 2.30. The Bertz CT molecular complexity index is 499. The summed E-state index contributed by atoms with van der Waals surface area (Å²) in [7, 11) is 0. The third-order valence-electron chi connectivity index (χ3n) is 2.51. The Kier molecular flexibility index (Phi) is 3.17. The lowest BCUT2D eigenvalue weighted by Crippen LogP contribution is -2.11. The highest BCUT2D eigenvalue weighted by atomic mass is 127. The first-order chi connectivity index (χ1) is 7.63. The Hall–Kier alpha value is -1.05. The molecule has 0 amide bonds. The highest BCUT2D eigenvalue weighted by molar-refractivity contribution is 14.1. The van der Waals surface area contributed by atoms with Gasteiger partial charge in [-0.05, 0) is 42.5 Å². The number of hydrogen-bond donors (Lipinski definition) is 1. The summed E-state index contributed by atoms with van der Waals surface area (Å²) >= 11 is 2.22. The molecule has 0 fully saturated rings. The van der Waals surface area contributed by atoms with E-state index in [4.69, 9.17) is 5.73 Å². The van der Waals surface area contributed by atoms with E-state index in [-0.39, 0.29) is 0 Å². The molecule has 0 aliphatic carbocycles. The van der Waals surface area contributed by atoms with Crippen LogP contribution in [0.15, 0.2) is 12.3 Å². The number of rotatable bonds is 3. The van der Waals surface area contributed by atoms with E-state index in [2.05, 4.69) is 39.7 Å². The second-order valence-electron chi connectivity index (χ2n) is 3.58. The number of nitrogens with two attached hydrogens (primary N) is 1. The maximum atomic E-state index is 5.97. The van der Waals surface area contributed by atoms with Crippen molar-refractivity contribution in [2.45, 2.75) is 26.9 Å². The predicted molar refractivity (Wildman–Crippen MR) is 71.1 cm³/mol. The highest BCUT2D eigenvalue weighted by Crippen LogP contribution is 2.19. The second-order valence-corrected chi connectivity index (χ2v) is 4.66. The fourth-order valence-corrected chi connectivity index (χ4v) is 2.02. The number of nitrogens with zero attached hydrogens (tertiary/aromatic N) is 4. The molecule has 86 valence electrons. The van der Waals surface area contributed by atoms with E-state index in [1.54, 1.807) is 6.20 Å². The van der Waals surface area contributed by atoms with Crippen molar-refractivity contribution >= 4 is 28.4 Å². The van der Waals surface area contributed by atoms with Crippen LogP contribution in [0.5, 0.6) is 0 Å². The molecule has 0 spiro atoms. The third-order valence-corrected chi connectivity index (χ3v) is 3.84. The molecule has 2 aromatic rings. The molecule has 0 bridgehead atoms. The fraction of sp³-hybridized carbons (Fsp3) is 0.400. The number of halogens is 1. The molecule has 0 radical (unpaired) electrons. The molecule has 2 aromatic heterocycles. The van der Waals surface area contributed by atoms with Crippen molar-refractivity contribution in [3.05, 3.63) is 27.2 Å². The van der Waals surface area contributed by atoms with E-state index < -0.39 is 0 Å². The van der Waals surface area contributed by atoms with Gasteiger partial charge in [-0.2, -0.15) is 10.2 Å². The summed E-state index contributed by atoms with van der Waals surface area (Å²) in [6.45, 7) is 5.56. The molecule has 0 saturated heterocycles. The monoisotopic (exact) mass is 331 g/mol. The minimum absolute atomic E-state index is 0.670.